The lowest BCUT2D eigenvalue weighted by molar-refractivity contribution is 0.845. The molecule has 1 aromatic carbocycles. The molecule has 3 aromatic heterocycles. The molecule has 0 unspecified atom stereocenters. The van der Waals surface area contributed by atoms with Crippen LogP contribution in [0.25, 0.3) is 16.9 Å². The second-order valence-corrected chi connectivity index (χ2v) is 6.20. The average Bonchev–Trinajstić information content (AvgIpc) is 3.27. The van der Waals surface area contributed by atoms with Gasteiger partial charge in [0.15, 0.2) is 5.65 Å². The molecule has 0 radical (unpaired) electrons. The standard InChI is InChI=1S/C18H16N4S/c1-13(15-8-10-23-12-15)20-18-11-16(14-5-3-2-4-6-14)21-17-7-9-19-22(17)18/h2-13,20H,1H3/t13-/m1/s1. The number of fused-ring (bicyclic) bond motifs is 1. The zero-order valence-corrected chi connectivity index (χ0v) is 13.5. The van der Waals surface area contributed by atoms with E-state index < -0.39 is 0 Å². The van der Waals surface area contributed by atoms with Crippen LogP contribution in [0.4, 0.5) is 5.82 Å². The first kappa shape index (κ1) is 14.0. The van der Waals surface area contributed by atoms with Crippen LogP contribution in [0.3, 0.4) is 0 Å². The number of rotatable bonds is 4. The summed E-state index contributed by atoms with van der Waals surface area (Å²) in [4.78, 5) is 4.70. The van der Waals surface area contributed by atoms with E-state index in [2.05, 4.69) is 52.4 Å². The summed E-state index contributed by atoms with van der Waals surface area (Å²) in [5, 5.41) is 12.2. The maximum atomic E-state index is 4.70. The van der Waals surface area contributed by atoms with Gasteiger partial charge in [0.1, 0.15) is 5.82 Å². The van der Waals surface area contributed by atoms with Crippen molar-refractivity contribution in [3.8, 4) is 11.3 Å². The summed E-state index contributed by atoms with van der Waals surface area (Å²) in [7, 11) is 0. The molecule has 0 spiro atoms. The first-order chi connectivity index (χ1) is 11.3. The predicted octanol–water partition coefficient (Wildman–Crippen LogP) is 4.63. The average molecular weight is 320 g/mol. The van der Waals surface area contributed by atoms with Gasteiger partial charge in [-0.25, -0.2) is 4.98 Å². The first-order valence-electron chi connectivity index (χ1n) is 7.50. The number of hydrogen-bond acceptors (Lipinski definition) is 4. The molecule has 4 nitrogen and oxygen atoms in total. The fraction of sp³-hybridized carbons (Fsp3) is 0.111. The van der Waals surface area contributed by atoms with E-state index in [1.807, 2.05) is 28.8 Å². The van der Waals surface area contributed by atoms with E-state index in [0.717, 1.165) is 22.7 Å². The van der Waals surface area contributed by atoms with Crippen molar-refractivity contribution in [3.63, 3.8) is 0 Å². The Morgan fingerprint density at radius 3 is 2.78 bits per heavy atom. The van der Waals surface area contributed by atoms with Crippen molar-refractivity contribution in [1.29, 1.82) is 0 Å². The Kier molecular flexibility index (Phi) is 3.55. The van der Waals surface area contributed by atoms with Gasteiger partial charge in [-0.1, -0.05) is 30.3 Å². The molecule has 1 N–H and O–H groups in total. The molecule has 0 saturated carbocycles. The van der Waals surface area contributed by atoms with E-state index in [-0.39, 0.29) is 6.04 Å². The smallest absolute Gasteiger partial charge is 0.157 e. The normalized spacial score (nSPS) is 12.4. The van der Waals surface area contributed by atoms with Gasteiger partial charge >= 0.3 is 0 Å². The topological polar surface area (TPSA) is 42.2 Å². The van der Waals surface area contributed by atoms with Gasteiger partial charge in [0.25, 0.3) is 0 Å². The highest BCUT2D eigenvalue weighted by Gasteiger charge is 2.11. The third kappa shape index (κ3) is 2.71. The molecule has 3 heterocycles. The Bertz CT molecular complexity index is 913. The van der Waals surface area contributed by atoms with Crippen molar-refractivity contribution < 1.29 is 0 Å². The molecule has 4 aromatic rings. The number of nitrogens with one attached hydrogen (secondary N) is 1. The molecule has 4 rings (SSSR count). The van der Waals surface area contributed by atoms with Gasteiger partial charge in [0, 0.05) is 17.7 Å². The molecule has 0 aliphatic rings. The second kappa shape index (κ2) is 5.85. The number of hydrogen-bond donors (Lipinski definition) is 1. The number of anilines is 1. The Morgan fingerprint density at radius 1 is 1.13 bits per heavy atom. The Labute approximate surface area is 138 Å². The van der Waals surface area contributed by atoms with Crippen molar-refractivity contribution in [1.82, 2.24) is 14.6 Å². The van der Waals surface area contributed by atoms with Gasteiger partial charge in [-0.3, -0.25) is 0 Å². The van der Waals surface area contributed by atoms with E-state index in [9.17, 15) is 0 Å². The van der Waals surface area contributed by atoms with E-state index in [1.165, 1.54) is 5.56 Å². The van der Waals surface area contributed by atoms with Crippen molar-refractivity contribution >= 4 is 22.8 Å². The summed E-state index contributed by atoms with van der Waals surface area (Å²) in [5.74, 6) is 0.942. The summed E-state index contributed by atoms with van der Waals surface area (Å²) in [5.41, 5.74) is 4.15. The summed E-state index contributed by atoms with van der Waals surface area (Å²) in [6, 6.07) is 16.5. The molecule has 114 valence electrons. The Balaban J connectivity index is 1.77. The van der Waals surface area contributed by atoms with Crippen LogP contribution in [0.15, 0.2) is 65.5 Å². The molecule has 0 fully saturated rings. The maximum absolute atomic E-state index is 4.70. The lowest BCUT2D eigenvalue weighted by Crippen LogP contribution is -2.10. The number of thiophene rings is 1. The van der Waals surface area contributed by atoms with Crippen LogP contribution < -0.4 is 5.32 Å². The molecule has 0 saturated heterocycles. The fourth-order valence-corrected chi connectivity index (χ4v) is 3.35. The van der Waals surface area contributed by atoms with Gasteiger partial charge < -0.3 is 5.32 Å². The molecule has 0 bridgehead atoms. The van der Waals surface area contributed by atoms with Crippen LogP contribution >= 0.6 is 11.3 Å². The molecule has 0 aliphatic heterocycles. The molecule has 23 heavy (non-hydrogen) atoms. The van der Waals surface area contributed by atoms with Gasteiger partial charge in [-0.2, -0.15) is 21.0 Å². The number of benzene rings is 1. The monoisotopic (exact) mass is 320 g/mol. The van der Waals surface area contributed by atoms with E-state index in [1.54, 1.807) is 17.5 Å². The zero-order valence-electron chi connectivity index (χ0n) is 12.7. The summed E-state index contributed by atoms with van der Waals surface area (Å²) in [6.45, 7) is 2.15. The van der Waals surface area contributed by atoms with Crippen molar-refractivity contribution in [3.05, 3.63) is 71.1 Å². The fourth-order valence-electron chi connectivity index (χ4n) is 2.60. The third-order valence-electron chi connectivity index (χ3n) is 3.84. The predicted molar refractivity (Wildman–Crippen MR) is 94.8 cm³/mol. The van der Waals surface area contributed by atoms with Crippen LogP contribution in [0.5, 0.6) is 0 Å². The van der Waals surface area contributed by atoms with Crippen LogP contribution in [-0.4, -0.2) is 14.6 Å². The van der Waals surface area contributed by atoms with Crippen molar-refractivity contribution in [2.75, 3.05) is 5.32 Å². The summed E-state index contributed by atoms with van der Waals surface area (Å²) >= 11 is 1.71. The molecular formula is C18H16N4S. The van der Waals surface area contributed by atoms with Gasteiger partial charge in [0.2, 0.25) is 0 Å². The summed E-state index contributed by atoms with van der Waals surface area (Å²) < 4.78 is 1.84. The highest BCUT2D eigenvalue weighted by atomic mass is 32.1. The van der Waals surface area contributed by atoms with E-state index in [0.29, 0.717) is 0 Å². The van der Waals surface area contributed by atoms with Gasteiger partial charge in [-0.15, -0.1) is 0 Å². The highest BCUT2D eigenvalue weighted by molar-refractivity contribution is 7.08. The van der Waals surface area contributed by atoms with Crippen LogP contribution in [0.1, 0.15) is 18.5 Å². The number of nitrogens with zero attached hydrogens (tertiary/aromatic N) is 3. The quantitative estimate of drug-likeness (QED) is 0.596. The van der Waals surface area contributed by atoms with Gasteiger partial charge in [-0.05, 0) is 29.3 Å². The van der Waals surface area contributed by atoms with E-state index >= 15 is 0 Å². The highest BCUT2D eigenvalue weighted by Crippen LogP contribution is 2.25. The molecule has 1 atom stereocenters. The SMILES string of the molecule is C[C@@H](Nc1cc(-c2ccccc2)nc2ccnn12)c1ccsc1. The Morgan fingerprint density at radius 2 is 2.00 bits per heavy atom. The lowest BCUT2D eigenvalue weighted by atomic mass is 10.1. The van der Waals surface area contributed by atoms with Crippen LogP contribution in [-0.2, 0) is 0 Å². The van der Waals surface area contributed by atoms with Crippen molar-refractivity contribution in [2.24, 2.45) is 0 Å². The van der Waals surface area contributed by atoms with Crippen LogP contribution in [0.2, 0.25) is 0 Å². The molecular weight excluding hydrogens is 304 g/mol. The largest absolute Gasteiger partial charge is 0.363 e. The number of aromatic nitrogens is 3. The minimum absolute atomic E-state index is 0.208. The van der Waals surface area contributed by atoms with E-state index in [4.69, 9.17) is 4.98 Å². The first-order valence-corrected chi connectivity index (χ1v) is 8.44. The Hall–Kier alpha value is -2.66. The minimum Gasteiger partial charge on any atom is -0.363 e. The molecule has 5 heteroatoms. The molecule has 0 aliphatic carbocycles. The lowest BCUT2D eigenvalue weighted by Gasteiger charge is -2.16. The third-order valence-corrected chi connectivity index (χ3v) is 4.54. The van der Waals surface area contributed by atoms with Crippen LogP contribution in [0, 0.1) is 0 Å². The molecule has 0 amide bonds. The zero-order chi connectivity index (χ0) is 15.6. The summed E-state index contributed by atoms with van der Waals surface area (Å²) in [6.07, 6.45) is 1.78. The second-order valence-electron chi connectivity index (χ2n) is 5.42. The maximum Gasteiger partial charge on any atom is 0.157 e. The van der Waals surface area contributed by atoms with Gasteiger partial charge in [0.05, 0.1) is 17.9 Å². The minimum atomic E-state index is 0.208. The van der Waals surface area contributed by atoms with Crippen molar-refractivity contribution in [2.45, 2.75) is 13.0 Å².